The second kappa shape index (κ2) is 7.21. The first-order chi connectivity index (χ1) is 11.8. The van der Waals surface area contributed by atoms with Crippen molar-refractivity contribution < 1.29 is 27.8 Å². The summed E-state index contributed by atoms with van der Waals surface area (Å²) in [6, 6.07) is 4.50. The van der Waals surface area contributed by atoms with Crippen molar-refractivity contribution in [1.82, 2.24) is 10.2 Å². The minimum Gasteiger partial charge on any atom is -0.490 e. The number of carbonyl (C=O) groups is 1. The molecule has 3 rings (SSSR count). The quantitative estimate of drug-likeness (QED) is 0.865. The van der Waals surface area contributed by atoms with Crippen LogP contribution in [0.1, 0.15) is 24.8 Å². The molecule has 0 radical (unpaired) electrons. The molecule has 5 nitrogen and oxygen atoms in total. The molecular weight excluding hydrogens is 337 g/mol. The first kappa shape index (κ1) is 18.0. The van der Waals surface area contributed by atoms with Crippen molar-refractivity contribution in [3.05, 3.63) is 29.8 Å². The van der Waals surface area contributed by atoms with Crippen molar-refractivity contribution in [3.8, 4) is 5.75 Å². The SMILES string of the molecule is O=C([C@@H]1C[C@@H](O)CN1)N1CCC(Oc2cccc(C(F)(F)F)c2)CC1. The van der Waals surface area contributed by atoms with Crippen molar-refractivity contribution in [2.45, 2.75) is 43.7 Å². The lowest BCUT2D eigenvalue weighted by Crippen LogP contribution is -2.48. The van der Waals surface area contributed by atoms with Crippen LogP contribution < -0.4 is 10.1 Å². The van der Waals surface area contributed by atoms with Gasteiger partial charge in [-0.15, -0.1) is 0 Å². The number of likely N-dealkylation sites (tertiary alicyclic amines) is 1. The van der Waals surface area contributed by atoms with Crippen LogP contribution in [0.3, 0.4) is 0 Å². The molecule has 1 aromatic carbocycles. The number of β-amino-alcohol motifs (C(OH)–C–C–N with tert-alkyl or cyclic N) is 1. The molecule has 0 aliphatic carbocycles. The predicted molar refractivity (Wildman–Crippen MR) is 84.1 cm³/mol. The fourth-order valence-electron chi connectivity index (χ4n) is 3.26. The monoisotopic (exact) mass is 358 g/mol. The molecule has 138 valence electrons. The van der Waals surface area contributed by atoms with Gasteiger partial charge in [-0.25, -0.2) is 0 Å². The number of benzene rings is 1. The number of aliphatic hydroxyl groups is 1. The minimum absolute atomic E-state index is 0.0333. The molecule has 8 heteroatoms. The molecule has 1 aromatic rings. The van der Waals surface area contributed by atoms with E-state index in [1.54, 1.807) is 4.90 Å². The molecule has 2 heterocycles. The third kappa shape index (κ3) is 4.43. The first-order valence-corrected chi connectivity index (χ1v) is 8.37. The smallest absolute Gasteiger partial charge is 0.416 e. The van der Waals surface area contributed by atoms with E-state index in [-0.39, 0.29) is 23.8 Å². The molecule has 0 unspecified atom stereocenters. The van der Waals surface area contributed by atoms with Gasteiger partial charge in [-0.2, -0.15) is 13.2 Å². The third-order valence-corrected chi connectivity index (χ3v) is 4.62. The van der Waals surface area contributed by atoms with Crippen LogP contribution in [0.5, 0.6) is 5.75 Å². The molecule has 2 N–H and O–H groups in total. The van der Waals surface area contributed by atoms with Crippen LogP contribution in [-0.4, -0.2) is 53.8 Å². The molecule has 0 aromatic heterocycles. The molecule has 2 aliphatic heterocycles. The standard InChI is InChI=1S/C17H21F3N2O3/c18-17(19,20)11-2-1-3-14(8-11)25-13-4-6-22(7-5-13)16(24)15-9-12(23)10-21-15/h1-3,8,12-13,15,21,23H,4-7,9-10H2/t12-,15+/m1/s1. The van der Waals surface area contributed by atoms with Crippen LogP contribution >= 0.6 is 0 Å². The van der Waals surface area contributed by atoms with Crippen molar-refractivity contribution in [3.63, 3.8) is 0 Å². The van der Waals surface area contributed by atoms with E-state index in [0.717, 1.165) is 12.1 Å². The number of ether oxygens (including phenoxy) is 1. The zero-order valence-electron chi connectivity index (χ0n) is 13.6. The Hall–Kier alpha value is -1.80. The number of hydrogen-bond acceptors (Lipinski definition) is 4. The molecule has 2 aliphatic rings. The minimum atomic E-state index is -4.39. The van der Waals surface area contributed by atoms with Crippen molar-refractivity contribution >= 4 is 5.91 Å². The number of piperidine rings is 1. The lowest BCUT2D eigenvalue weighted by Gasteiger charge is -2.33. The van der Waals surface area contributed by atoms with Crippen molar-refractivity contribution in [1.29, 1.82) is 0 Å². The summed E-state index contributed by atoms with van der Waals surface area (Å²) in [7, 11) is 0. The number of nitrogens with zero attached hydrogens (tertiary/aromatic N) is 1. The maximum absolute atomic E-state index is 12.7. The highest BCUT2D eigenvalue weighted by atomic mass is 19.4. The van der Waals surface area contributed by atoms with Crippen LogP contribution in [0.25, 0.3) is 0 Å². The number of rotatable bonds is 3. The first-order valence-electron chi connectivity index (χ1n) is 8.37. The van der Waals surface area contributed by atoms with Gasteiger partial charge in [0, 0.05) is 32.5 Å². The fourth-order valence-corrected chi connectivity index (χ4v) is 3.26. The zero-order valence-corrected chi connectivity index (χ0v) is 13.6. The Morgan fingerprint density at radius 2 is 2.00 bits per heavy atom. The van der Waals surface area contributed by atoms with Crippen LogP contribution in [0.15, 0.2) is 24.3 Å². The van der Waals surface area contributed by atoms with Gasteiger partial charge in [0.2, 0.25) is 5.91 Å². The van der Waals surface area contributed by atoms with E-state index in [1.807, 2.05) is 0 Å². The Morgan fingerprint density at radius 3 is 2.60 bits per heavy atom. The molecule has 1 amide bonds. The molecule has 0 saturated carbocycles. The van der Waals surface area contributed by atoms with Gasteiger partial charge in [0.25, 0.3) is 0 Å². The van der Waals surface area contributed by atoms with Crippen molar-refractivity contribution in [2.75, 3.05) is 19.6 Å². The number of aliphatic hydroxyl groups excluding tert-OH is 1. The van der Waals surface area contributed by atoms with E-state index in [4.69, 9.17) is 4.74 Å². The lowest BCUT2D eigenvalue weighted by atomic mass is 10.1. The van der Waals surface area contributed by atoms with E-state index < -0.39 is 17.8 Å². The average molecular weight is 358 g/mol. The molecule has 2 fully saturated rings. The predicted octanol–water partition coefficient (Wildman–Crippen LogP) is 1.80. The van der Waals surface area contributed by atoms with Gasteiger partial charge < -0.3 is 20.1 Å². The Kier molecular flexibility index (Phi) is 5.19. The molecule has 2 atom stereocenters. The van der Waals surface area contributed by atoms with Gasteiger partial charge in [-0.1, -0.05) is 6.07 Å². The summed E-state index contributed by atoms with van der Waals surface area (Å²) in [6.45, 7) is 1.42. The van der Waals surface area contributed by atoms with Gasteiger partial charge in [0.1, 0.15) is 11.9 Å². The van der Waals surface area contributed by atoms with Crippen LogP contribution in [0, 0.1) is 0 Å². The number of hydrogen-bond donors (Lipinski definition) is 2. The maximum atomic E-state index is 12.7. The van der Waals surface area contributed by atoms with Crippen molar-refractivity contribution in [2.24, 2.45) is 0 Å². The molecule has 0 spiro atoms. The number of alkyl halides is 3. The van der Waals surface area contributed by atoms with E-state index in [2.05, 4.69) is 5.32 Å². The fraction of sp³-hybridized carbons (Fsp3) is 0.588. The van der Waals surface area contributed by atoms with Crippen LogP contribution in [-0.2, 0) is 11.0 Å². The largest absolute Gasteiger partial charge is 0.490 e. The number of nitrogens with one attached hydrogen (secondary N) is 1. The second-order valence-corrected chi connectivity index (χ2v) is 6.52. The Balaban J connectivity index is 1.52. The molecule has 25 heavy (non-hydrogen) atoms. The van der Waals surface area contributed by atoms with E-state index >= 15 is 0 Å². The summed E-state index contributed by atoms with van der Waals surface area (Å²) >= 11 is 0. The van der Waals surface area contributed by atoms with E-state index in [0.29, 0.717) is 38.9 Å². The summed E-state index contributed by atoms with van der Waals surface area (Å²) in [6.07, 6.45) is -3.55. The van der Waals surface area contributed by atoms with Crippen LogP contribution in [0.4, 0.5) is 13.2 Å². The third-order valence-electron chi connectivity index (χ3n) is 4.62. The van der Waals surface area contributed by atoms with Gasteiger partial charge in [-0.05, 0) is 24.6 Å². The number of halogens is 3. The normalized spacial score (nSPS) is 25.2. The Morgan fingerprint density at radius 1 is 1.28 bits per heavy atom. The highest BCUT2D eigenvalue weighted by Crippen LogP contribution is 2.32. The summed E-state index contributed by atoms with van der Waals surface area (Å²) in [5, 5.41) is 12.5. The summed E-state index contributed by atoms with van der Waals surface area (Å²) in [4.78, 5) is 14.1. The maximum Gasteiger partial charge on any atom is 0.416 e. The Bertz CT molecular complexity index is 615. The van der Waals surface area contributed by atoms with Gasteiger partial charge in [-0.3, -0.25) is 4.79 Å². The summed E-state index contributed by atoms with van der Waals surface area (Å²) in [5.74, 6) is 0.161. The molecule has 2 saturated heterocycles. The van der Waals surface area contributed by atoms with Crippen LogP contribution in [0.2, 0.25) is 0 Å². The van der Waals surface area contributed by atoms with E-state index in [9.17, 15) is 23.1 Å². The number of carbonyl (C=O) groups excluding carboxylic acids is 1. The number of amides is 1. The van der Waals surface area contributed by atoms with Gasteiger partial charge in [0.15, 0.2) is 0 Å². The van der Waals surface area contributed by atoms with Gasteiger partial charge in [0.05, 0.1) is 17.7 Å². The lowest BCUT2D eigenvalue weighted by molar-refractivity contribution is -0.138. The second-order valence-electron chi connectivity index (χ2n) is 6.52. The molecule has 0 bridgehead atoms. The zero-order chi connectivity index (χ0) is 18.0. The molecular formula is C17H21F3N2O3. The van der Waals surface area contributed by atoms with E-state index in [1.165, 1.54) is 12.1 Å². The highest BCUT2D eigenvalue weighted by molar-refractivity contribution is 5.82. The summed E-state index contributed by atoms with van der Waals surface area (Å²) < 4.78 is 43.9. The highest BCUT2D eigenvalue weighted by Gasteiger charge is 2.34. The summed E-state index contributed by atoms with van der Waals surface area (Å²) in [5.41, 5.74) is -0.733. The van der Waals surface area contributed by atoms with Gasteiger partial charge >= 0.3 is 6.18 Å². The average Bonchev–Trinajstić information content (AvgIpc) is 3.01. The topological polar surface area (TPSA) is 61.8 Å². The Labute approximate surface area is 143 Å².